The maximum absolute atomic E-state index is 11.9. The summed E-state index contributed by atoms with van der Waals surface area (Å²) in [4.78, 5) is 15.9. The molecule has 21 heavy (non-hydrogen) atoms. The molecule has 1 rings (SSSR count). The maximum Gasteiger partial charge on any atom is 0.244 e. The van der Waals surface area contributed by atoms with Crippen LogP contribution in [0.1, 0.15) is 20.3 Å². The van der Waals surface area contributed by atoms with Crippen molar-refractivity contribution < 1.29 is 13.2 Å². The van der Waals surface area contributed by atoms with Crippen molar-refractivity contribution in [3.05, 3.63) is 18.3 Å². The smallest absolute Gasteiger partial charge is 0.244 e. The Balaban J connectivity index is 2.62. The normalized spacial score (nSPS) is 13.2. The van der Waals surface area contributed by atoms with Gasteiger partial charge in [-0.05, 0) is 25.5 Å². The van der Waals surface area contributed by atoms with E-state index in [1.54, 1.807) is 6.07 Å². The molecule has 1 atom stereocenters. The average Bonchev–Trinajstić information content (AvgIpc) is 2.45. The van der Waals surface area contributed by atoms with Gasteiger partial charge in [0.25, 0.3) is 0 Å². The predicted molar refractivity (Wildman–Crippen MR) is 83.7 cm³/mol. The highest BCUT2D eigenvalue weighted by atomic mass is 32.2. The first-order valence-electron chi connectivity index (χ1n) is 6.58. The van der Waals surface area contributed by atoms with Crippen LogP contribution >= 0.6 is 11.8 Å². The summed E-state index contributed by atoms with van der Waals surface area (Å²) in [6.45, 7) is 3.95. The van der Waals surface area contributed by atoms with Gasteiger partial charge in [0.1, 0.15) is 4.90 Å². The first-order chi connectivity index (χ1) is 9.77. The summed E-state index contributed by atoms with van der Waals surface area (Å²) < 4.78 is 24.9. The Kier molecular flexibility index (Phi) is 6.63. The standard InChI is InChI=1S/C13H21N3O3S2/c1-5-10(2)15-12(17)9-20-13-7-6-11(8-14-13)21(18,19)16(3)4/h6-8,10H,5,9H2,1-4H3,(H,15,17)/t10-/m1/s1. The first kappa shape index (κ1) is 17.9. The molecule has 0 aliphatic heterocycles. The number of nitrogens with one attached hydrogen (secondary N) is 1. The Morgan fingerprint density at radius 3 is 2.57 bits per heavy atom. The van der Waals surface area contributed by atoms with E-state index in [1.807, 2.05) is 13.8 Å². The van der Waals surface area contributed by atoms with Gasteiger partial charge in [-0.3, -0.25) is 4.79 Å². The lowest BCUT2D eigenvalue weighted by Crippen LogP contribution is -2.33. The van der Waals surface area contributed by atoms with Gasteiger partial charge < -0.3 is 5.32 Å². The van der Waals surface area contributed by atoms with E-state index in [0.29, 0.717) is 5.03 Å². The first-order valence-corrected chi connectivity index (χ1v) is 9.00. The van der Waals surface area contributed by atoms with E-state index >= 15 is 0 Å². The molecule has 118 valence electrons. The van der Waals surface area contributed by atoms with E-state index in [4.69, 9.17) is 0 Å². The number of pyridine rings is 1. The minimum absolute atomic E-state index is 0.0545. The molecular weight excluding hydrogens is 310 g/mol. The Morgan fingerprint density at radius 2 is 2.10 bits per heavy atom. The molecule has 1 aromatic rings. The highest BCUT2D eigenvalue weighted by Gasteiger charge is 2.17. The number of aromatic nitrogens is 1. The molecule has 1 N–H and O–H groups in total. The van der Waals surface area contributed by atoms with Crippen LogP contribution in [0.4, 0.5) is 0 Å². The second-order valence-corrected chi connectivity index (χ2v) is 7.93. The van der Waals surface area contributed by atoms with E-state index < -0.39 is 10.0 Å². The largest absolute Gasteiger partial charge is 0.353 e. The molecule has 1 amide bonds. The summed E-state index contributed by atoms with van der Waals surface area (Å²) >= 11 is 1.28. The highest BCUT2D eigenvalue weighted by molar-refractivity contribution is 7.99. The van der Waals surface area contributed by atoms with Crippen molar-refractivity contribution in [1.82, 2.24) is 14.6 Å². The third kappa shape index (κ3) is 5.29. The Bertz CT molecular complexity index is 571. The molecule has 0 aliphatic carbocycles. The van der Waals surface area contributed by atoms with Crippen LogP contribution in [0.2, 0.25) is 0 Å². The zero-order valence-corrected chi connectivity index (χ0v) is 14.3. The van der Waals surface area contributed by atoms with E-state index in [2.05, 4.69) is 10.3 Å². The van der Waals surface area contributed by atoms with Crippen molar-refractivity contribution in [2.24, 2.45) is 0 Å². The molecule has 0 radical (unpaired) electrons. The fourth-order valence-electron chi connectivity index (χ4n) is 1.37. The molecule has 0 spiro atoms. The monoisotopic (exact) mass is 331 g/mol. The Hall–Kier alpha value is -1.12. The van der Waals surface area contributed by atoms with Crippen molar-refractivity contribution in [2.45, 2.75) is 36.2 Å². The number of carbonyl (C=O) groups excluding carboxylic acids is 1. The van der Waals surface area contributed by atoms with Crippen LogP contribution in [-0.4, -0.2) is 49.5 Å². The zero-order chi connectivity index (χ0) is 16.0. The minimum atomic E-state index is -3.46. The lowest BCUT2D eigenvalue weighted by atomic mass is 10.3. The fraction of sp³-hybridized carbons (Fsp3) is 0.538. The number of sulfonamides is 1. The number of amides is 1. The molecule has 0 unspecified atom stereocenters. The Morgan fingerprint density at radius 1 is 1.43 bits per heavy atom. The molecule has 0 bridgehead atoms. The van der Waals surface area contributed by atoms with E-state index in [9.17, 15) is 13.2 Å². The summed E-state index contributed by atoms with van der Waals surface area (Å²) in [5, 5.41) is 3.48. The second-order valence-electron chi connectivity index (χ2n) is 4.79. The van der Waals surface area contributed by atoms with Crippen LogP contribution in [0.5, 0.6) is 0 Å². The molecular formula is C13H21N3O3S2. The lowest BCUT2D eigenvalue weighted by molar-refractivity contribution is -0.119. The predicted octanol–water partition coefficient (Wildman–Crippen LogP) is 1.34. The molecule has 0 aromatic carbocycles. The number of nitrogens with zero attached hydrogens (tertiary/aromatic N) is 2. The lowest BCUT2D eigenvalue weighted by Gasteiger charge is -2.12. The topological polar surface area (TPSA) is 79.4 Å². The molecule has 6 nitrogen and oxygen atoms in total. The van der Waals surface area contributed by atoms with Crippen molar-refractivity contribution in [2.75, 3.05) is 19.8 Å². The van der Waals surface area contributed by atoms with Crippen LogP contribution in [-0.2, 0) is 14.8 Å². The van der Waals surface area contributed by atoms with Gasteiger partial charge in [-0.25, -0.2) is 17.7 Å². The van der Waals surface area contributed by atoms with Crippen LogP contribution < -0.4 is 5.32 Å². The third-order valence-electron chi connectivity index (χ3n) is 2.86. The third-order valence-corrected chi connectivity index (χ3v) is 5.60. The fourth-order valence-corrected chi connectivity index (χ4v) is 2.87. The van der Waals surface area contributed by atoms with Gasteiger partial charge in [0.2, 0.25) is 15.9 Å². The van der Waals surface area contributed by atoms with Crippen molar-refractivity contribution >= 4 is 27.7 Å². The van der Waals surface area contributed by atoms with Gasteiger partial charge in [0, 0.05) is 26.3 Å². The number of rotatable bonds is 7. The molecule has 0 fully saturated rings. The highest BCUT2D eigenvalue weighted by Crippen LogP contribution is 2.18. The second kappa shape index (κ2) is 7.77. The van der Waals surface area contributed by atoms with Gasteiger partial charge in [0.15, 0.2) is 0 Å². The molecule has 1 heterocycles. The minimum Gasteiger partial charge on any atom is -0.353 e. The van der Waals surface area contributed by atoms with Gasteiger partial charge in [-0.1, -0.05) is 18.7 Å². The molecule has 0 aliphatic rings. The summed E-state index contributed by atoms with van der Waals surface area (Å²) in [6.07, 6.45) is 2.19. The molecule has 1 aromatic heterocycles. The van der Waals surface area contributed by atoms with Crippen LogP contribution in [0, 0.1) is 0 Å². The van der Waals surface area contributed by atoms with Gasteiger partial charge in [-0.15, -0.1) is 0 Å². The van der Waals surface area contributed by atoms with Gasteiger partial charge >= 0.3 is 0 Å². The van der Waals surface area contributed by atoms with E-state index in [0.717, 1.165) is 10.7 Å². The SMILES string of the molecule is CC[C@@H](C)NC(=O)CSc1ccc(S(=O)(=O)N(C)C)cn1. The van der Waals surface area contributed by atoms with Crippen LogP contribution in [0.3, 0.4) is 0 Å². The molecule has 0 saturated carbocycles. The van der Waals surface area contributed by atoms with Gasteiger partial charge in [-0.2, -0.15) is 0 Å². The van der Waals surface area contributed by atoms with Gasteiger partial charge in [0.05, 0.1) is 10.8 Å². The Labute approximate surface area is 130 Å². The summed E-state index contributed by atoms with van der Waals surface area (Å²) in [7, 11) is -0.523. The van der Waals surface area contributed by atoms with E-state index in [-0.39, 0.29) is 22.6 Å². The summed E-state index contributed by atoms with van der Waals surface area (Å²) in [5.41, 5.74) is 0. The van der Waals surface area contributed by atoms with Crippen molar-refractivity contribution in [3.63, 3.8) is 0 Å². The summed E-state index contributed by atoms with van der Waals surface area (Å²) in [5.74, 6) is 0.207. The summed E-state index contributed by atoms with van der Waals surface area (Å²) in [6, 6.07) is 3.26. The molecule has 8 heteroatoms. The number of hydrogen-bond donors (Lipinski definition) is 1. The number of hydrogen-bond acceptors (Lipinski definition) is 5. The number of thioether (sulfide) groups is 1. The maximum atomic E-state index is 11.9. The average molecular weight is 331 g/mol. The van der Waals surface area contributed by atoms with E-state index in [1.165, 1.54) is 38.1 Å². The molecule has 0 saturated heterocycles. The van der Waals surface area contributed by atoms with Crippen LogP contribution in [0.15, 0.2) is 28.3 Å². The number of carbonyl (C=O) groups is 1. The van der Waals surface area contributed by atoms with Crippen molar-refractivity contribution in [3.8, 4) is 0 Å². The zero-order valence-electron chi connectivity index (χ0n) is 12.7. The van der Waals surface area contributed by atoms with Crippen molar-refractivity contribution in [1.29, 1.82) is 0 Å². The quantitative estimate of drug-likeness (QED) is 0.763. The van der Waals surface area contributed by atoms with Crippen LogP contribution in [0.25, 0.3) is 0 Å².